The Morgan fingerprint density at radius 3 is 2.18 bits per heavy atom. The number of hydrogen-bond acceptors (Lipinski definition) is 6. The predicted octanol–water partition coefficient (Wildman–Crippen LogP) is 4.33. The van der Waals surface area contributed by atoms with Crippen molar-refractivity contribution in [3.63, 3.8) is 0 Å². The van der Waals surface area contributed by atoms with Crippen LogP contribution in [0.15, 0.2) is 86.7 Å². The minimum Gasteiger partial charge on any atom is -0.508 e. The molecule has 1 aliphatic heterocycles. The number of fused-ring (bicyclic) bond motifs is 2. The molecule has 0 spiro atoms. The maximum Gasteiger partial charge on any atom is 0.275 e. The van der Waals surface area contributed by atoms with Gasteiger partial charge < -0.3 is 10.2 Å². The van der Waals surface area contributed by atoms with Crippen LogP contribution in [-0.2, 0) is 4.79 Å². The van der Waals surface area contributed by atoms with E-state index < -0.39 is 0 Å². The largest absolute Gasteiger partial charge is 0.508 e. The Kier molecular flexibility index (Phi) is 4.82. The standard InChI is InChI=1S/C21H15N3O3S/c25-15-10-9-14(18(26)11-15)12-22-23-13-21(27)24-16-5-1-3-7-19(16)28-20-8-4-2-6-17(20)24/h1-13,25-26H. The van der Waals surface area contributed by atoms with E-state index in [4.69, 9.17) is 0 Å². The average molecular weight is 389 g/mol. The van der Waals surface area contributed by atoms with E-state index in [-0.39, 0.29) is 17.4 Å². The molecule has 4 rings (SSSR count). The quantitative estimate of drug-likeness (QED) is 0.516. The highest BCUT2D eigenvalue weighted by Gasteiger charge is 2.26. The predicted molar refractivity (Wildman–Crippen MR) is 110 cm³/mol. The smallest absolute Gasteiger partial charge is 0.275 e. The number of rotatable bonds is 3. The first-order valence-electron chi connectivity index (χ1n) is 8.42. The average Bonchev–Trinajstić information content (AvgIpc) is 2.70. The summed E-state index contributed by atoms with van der Waals surface area (Å²) in [5, 5.41) is 26.7. The van der Waals surface area contributed by atoms with Gasteiger partial charge in [0, 0.05) is 21.4 Å². The molecule has 0 radical (unpaired) electrons. The number of carbonyl (C=O) groups is 1. The highest BCUT2D eigenvalue weighted by molar-refractivity contribution is 7.99. The molecular weight excluding hydrogens is 374 g/mol. The molecular formula is C21H15N3O3S. The molecule has 1 aliphatic rings. The molecule has 2 N–H and O–H groups in total. The number of anilines is 2. The van der Waals surface area contributed by atoms with Gasteiger partial charge >= 0.3 is 0 Å². The van der Waals surface area contributed by atoms with Gasteiger partial charge in [-0.3, -0.25) is 9.69 Å². The van der Waals surface area contributed by atoms with Gasteiger partial charge in [-0.15, -0.1) is 0 Å². The number of aromatic hydroxyl groups is 2. The number of phenolic OH excluding ortho intramolecular Hbond substituents is 2. The maximum absolute atomic E-state index is 12.9. The fraction of sp³-hybridized carbons (Fsp3) is 0. The van der Waals surface area contributed by atoms with Gasteiger partial charge in [0.05, 0.1) is 17.6 Å². The van der Waals surface area contributed by atoms with E-state index in [1.807, 2.05) is 48.5 Å². The Balaban J connectivity index is 1.60. The summed E-state index contributed by atoms with van der Waals surface area (Å²) in [6, 6.07) is 19.5. The molecule has 0 aromatic heterocycles. The topological polar surface area (TPSA) is 85.5 Å². The van der Waals surface area contributed by atoms with E-state index in [9.17, 15) is 15.0 Å². The molecule has 0 saturated heterocycles. The molecule has 0 aliphatic carbocycles. The van der Waals surface area contributed by atoms with Crippen LogP contribution in [-0.4, -0.2) is 28.5 Å². The molecule has 1 amide bonds. The third kappa shape index (κ3) is 3.47. The van der Waals surface area contributed by atoms with E-state index in [2.05, 4.69) is 10.2 Å². The lowest BCUT2D eigenvalue weighted by Crippen LogP contribution is -2.29. The fourth-order valence-electron chi connectivity index (χ4n) is 2.82. The number of amides is 1. The Labute approximate surface area is 165 Å². The molecule has 0 fully saturated rings. The number of phenols is 2. The monoisotopic (exact) mass is 389 g/mol. The van der Waals surface area contributed by atoms with Crippen LogP contribution >= 0.6 is 11.8 Å². The molecule has 0 saturated carbocycles. The first-order chi connectivity index (χ1) is 13.6. The maximum atomic E-state index is 12.9. The fourth-order valence-corrected chi connectivity index (χ4v) is 3.88. The van der Waals surface area contributed by atoms with Crippen molar-refractivity contribution in [2.75, 3.05) is 4.90 Å². The summed E-state index contributed by atoms with van der Waals surface area (Å²) in [5.41, 5.74) is 1.97. The molecule has 0 bridgehead atoms. The van der Waals surface area contributed by atoms with Crippen LogP contribution in [0.25, 0.3) is 0 Å². The van der Waals surface area contributed by atoms with Crippen LogP contribution in [0, 0.1) is 0 Å². The molecule has 0 atom stereocenters. The molecule has 1 heterocycles. The van der Waals surface area contributed by atoms with Crippen molar-refractivity contribution in [3.8, 4) is 11.5 Å². The molecule has 138 valence electrons. The van der Waals surface area contributed by atoms with Crippen LogP contribution in [0.2, 0.25) is 0 Å². The lowest BCUT2D eigenvalue weighted by Gasteiger charge is -2.29. The second-order valence-corrected chi connectivity index (χ2v) is 7.03. The molecule has 7 heteroatoms. The van der Waals surface area contributed by atoms with Gasteiger partial charge in [0.2, 0.25) is 0 Å². The minimum absolute atomic E-state index is 0.0476. The summed E-state index contributed by atoms with van der Waals surface area (Å²) in [4.78, 5) is 16.4. The van der Waals surface area contributed by atoms with Crippen LogP contribution in [0.3, 0.4) is 0 Å². The number of carbonyl (C=O) groups excluding carboxylic acids is 1. The summed E-state index contributed by atoms with van der Waals surface area (Å²) >= 11 is 1.62. The summed E-state index contributed by atoms with van der Waals surface area (Å²) in [5.74, 6) is -0.498. The van der Waals surface area contributed by atoms with Gasteiger partial charge in [-0.05, 0) is 36.4 Å². The van der Waals surface area contributed by atoms with Crippen LogP contribution in [0.4, 0.5) is 11.4 Å². The van der Waals surface area contributed by atoms with Crippen molar-refractivity contribution in [3.05, 3.63) is 72.3 Å². The SMILES string of the molecule is O=C(C=NN=Cc1ccc(O)cc1O)N1c2ccccc2Sc2ccccc21. The van der Waals surface area contributed by atoms with Gasteiger partial charge in [-0.25, -0.2) is 0 Å². The molecule has 3 aromatic rings. The molecule has 6 nitrogen and oxygen atoms in total. The second-order valence-electron chi connectivity index (χ2n) is 5.94. The van der Waals surface area contributed by atoms with Gasteiger partial charge in [-0.2, -0.15) is 10.2 Å². The number of hydrogen-bond donors (Lipinski definition) is 2. The second kappa shape index (κ2) is 7.58. The van der Waals surface area contributed by atoms with Crippen LogP contribution in [0.5, 0.6) is 11.5 Å². The zero-order valence-corrected chi connectivity index (χ0v) is 15.4. The first kappa shape index (κ1) is 17.8. The Morgan fingerprint density at radius 2 is 1.54 bits per heavy atom. The third-order valence-corrected chi connectivity index (χ3v) is 5.23. The summed E-state index contributed by atoms with van der Waals surface area (Å²) in [6.45, 7) is 0. The lowest BCUT2D eigenvalue weighted by atomic mass is 10.2. The number of para-hydroxylation sites is 2. The van der Waals surface area contributed by atoms with Crippen molar-refractivity contribution in [1.29, 1.82) is 0 Å². The van der Waals surface area contributed by atoms with Gasteiger partial charge in [0.15, 0.2) is 0 Å². The highest BCUT2D eigenvalue weighted by Crippen LogP contribution is 2.47. The van der Waals surface area contributed by atoms with E-state index in [1.54, 1.807) is 16.7 Å². The third-order valence-electron chi connectivity index (χ3n) is 4.10. The summed E-state index contributed by atoms with van der Waals surface area (Å²) in [7, 11) is 0. The zero-order valence-electron chi connectivity index (χ0n) is 14.6. The van der Waals surface area contributed by atoms with E-state index in [1.165, 1.54) is 24.4 Å². The number of benzene rings is 3. The molecule has 0 unspecified atom stereocenters. The highest BCUT2D eigenvalue weighted by atomic mass is 32.2. The Bertz CT molecular complexity index is 1070. The minimum atomic E-state index is -0.327. The van der Waals surface area contributed by atoms with Crippen molar-refractivity contribution in [2.24, 2.45) is 10.2 Å². The van der Waals surface area contributed by atoms with Crippen molar-refractivity contribution >= 4 is 41.5 Å². The Morgan fingerprint density at radius 1 is 0.893 bits per heavy atom. The van der Waals surface area contributed by atoms with Crippen molar-refractivity contribution in [1.82, 2.24) is 0 Å². The van der Waals surface area contributed by atoms with Gasteiger partial charge in [-0.1, -0.05) is 36.0 Å². The summed E-state index contributed by atoms with van der Waals surface area (Å²) in [6.07, 6.45) is 2.45. The van der Waals surface area contributed by atoms with Crippen LogP contribution < -0.4 is 4.90 Å². The van der Waals surface area contributed by atoms with E-state index in [0.717, 1.165) is 27.4 Å². The molecule has 3 aromatic carbocycles. The zero-order chi connectivity index (χ0) is 19.5. The van der Waals surface area contributed by atoms with E-state index in [0.29, 0.717) is 5.56 Å². The summed E-state index contributed by atoms with van der Waals surface area (Å²) < 4.78 is 0. The van der Waals surface area contributed by atoms with Crippen molar-refractivity contribution < 1.29 is 15.0 Å². The van der Waals surface area contributed by atoms with Crippen LogP contribution in [0.1, 0.15) is 5.56 Å². The van der Waals surface area contributed by atoms with Crippen molar-refractivity contribution in [2.45, 2.75) is 9.79 Å². The lowest BCUT2D eigenvalue weighted by molar-refractivity contribution is -0.111. The number of nitrogens with zero attached hydrogens (tertiary/aromatic N) is 3. The van der Waals surface area contributed by atoms with Gasteiger partial charge in [0.1, 0.15) is 17.7 Å². The normalized spacial score (nSPS) is 12.9. The Hall–Kier alpha value is -3.58. The molecule has 28 heavy (non-hydrogen) atoms. The van der Waals surface area contributed by atoms with E-state index >= 15 is 0 Å². The first-order valence-corrected chi connectivity index (χ1v) is 9.23. The van der Waals surface area contributed by atoms with Gasteiger partial charge in [0.25, 0.3) is 5.91 Å².